The molecule has 0 saturated carbocycles. The predicted octanol–water partition coefficient (Wildman–Crippen LogP) is 3.26. The zero-order valence-electron chi connectivity index (χ0n) is 9.52. The van der Waals surface area contributed by atoms with Crippen molar-refractivity contribution >= 4 is 38.3 Å². The van der Waals surface area contributed by atoms with Crippen LogP contribution in [0.25, 0.3) is 0 Å². The second kappa shape index (κ2) is 4.82. The summed E-state index contributed by atoms with van der Waals surface area (Å²) in [5.41, 5.74) is 2.58. The van der Waals surface area contributed by atoms with Crippen molar-refractivity contribution in [3.63, 3.8) is 0 Å². The summed E-state index contributed by atoms with van der Waals surface area (Å²) in [6, 6.07) is 8.25. The van der Waals surface area contributed by atoms with E-state index in [-0.39, 0.29) is 11.8 Å². The lowest BCUT2D eigenvalue weighted by Crippen LogP contribution is -2.22. The van der Waals surface area contributed by atoms with Crippen molar-refractivity contribution in [2.75, 3.05) is 5.32 Å². The summed E-state index contributed by atoms with van der Waals surface area (Å²) in [7, 11) is 0. The fraction of sp³-hybridized carbons (Fsp3) is 0.231. The van der Waals surface area contributed by atoms with Gasteiger partial charge in [0.05, 0.1) is 9.98 Å². The molecule has 0 spiro atoms. The molecule has 0 unspecified atom stereocenters. The van der Waals surface area contributed by atoms with Gasteiger partial charge < -0.3 is 5.32 Å². The van der Waals surface area contributed by atoms with Crippen molar-refractivity contribution in [3.8, 4) is 0 Å². The highest BCUT2D eigenvalue weighted by Crippen LogP contribution is 2.28. The monoisotopic (exact) mass is 322 g/mol. The lowest BCUT2D eigenvalue weighted by molar-refractivity contribution is -0.119. The summed E-state index contributed by atoms with van der Waals surface area (Å²) in [6.07, 6.45) is 3.35. The summed E-state index contributed by atoms with van der Waals surface area (Å²) < 4.78 is 0.924. The number of aromatic nitrogens is 1. The number of fused-ring (bicyclic) bond motifs is 1. The fourth-order valence-corrected chi connectivity index (χ4v) is 3.37. The number of thiazole rings is 1. The van der Waals surface area contributed by atoms with Crippen molar-refractivity contribution in [1.29, 1.82) is 0 Å². The molecule has 92 valence electrons. The van der Waals surface area contributed by atoms with Crippen LogP contribution in [0.2, 0.25) is 0 Å². The van der Waals surface area contributed by atoms with Crippen LogP contribution in [-0.4, -0.2) is 10.9 Å². The van der Waals surface area contributed by atoms with Crippen LogP contribution in [0.4, 0.5) is 5.13 Å². The highest BCUT2D eigenvalue weighted by atomic mass is 79.9. The number of carbonyl (C=O) groups excluding carboxylic acids is 1. The highest BCUT2D eigenvalue weighted by Gasteiger charge is 2.27. The van der Waals surface area contributed by atoms with E-state index in [1.54, 1.807) is 6.20 Å². The Kier molecular flexibility index (Phi) is 3.18. The lowest BCUT2D eigenvalue weighted by Gasteiger charge is -2.07. The number of hydrogen-bond acceptors (Lipinski definition) is 3. The van der Waals surface area contributed by atoms with E-state index in [4.69, 9.17) is 0 Å². The van der Waals surface area contributed by atoms with Crippen molar-refractivity contribution in [2.45, 2.75) is 12.8 Å². The first-order valence-electron chi connectivity index (χ1n) is 5.71. The van der Waals surface area contributed by atoms with Crippen molar-refractivity contribution in [1.82, 2.24) is 4.98 Å². The molecule has 0 fully saturated rings. The van der Waals surface area contributed by atoms with Gasteiger partial charge in [0.25, 0.3) is 0 Å². The number of hydrogen-bond donors (Lipinski definition) is 1. The van der Waals surface area contributed by atoms with Crippen LogP contribution >= 0.6 is 27.3 Å². The standard InChI is InChI=1S/C13H11BrN2OS/c14-11-7-15-13(18-11)16-12(17)10-5-8-3-1-2-4-9(8)6-10/h1-4,7,10H,5-6H2,(H,15,16,17). The van der Waals surface area contributed by atoms with Gasteiger partial charge in [0.2, 0.25) is 5.91 Å². The van der Waals surface area contributed by atoms with Crippen LogP contribution in [0, 0.1) is 5.92 Å². The van der Waals surface area contributed by atoms with E-state index in [0.29, 0.717) is 5.13 Å². The smallest absolute Gasteiger partial charge is 0.229 e. The number of nitrogens with zero attached hydrogens (tertiary/aromatic N) is 1. The molecule has 3 nitrogen and oxygen atoms in total. The number of rotatable bonds is 2. The Labute approximate surface area is 117 Å². The molecule has 2 aromatic rings. The van der Waals surface area contributed by atoms with Crippen LogP contribution in [0.15, 0.2) is 34.2 Å². The van der Waals surface area contributed by atoms with E-state index in [0.717, 1.165) is 16.6 Å². The summed E-state index contributed by atoms with van der Waals surface area (Å²) in [5, 5.41) is 3.53. The SMILES string of the molecule is O=C(Nc1ncc(Br)s1)C1Cc2ccccc2C1. The topological polar surface area (TPSA) is 42.0 Å². The first kappa shape index (κ1) is 11.9. The normalized spacial score (nSPS) is 14.5. The van der Waals surface area contributed by atoms with Gasteiger partial charge in [-0.2, -0.15) is 0 Å². The summed E-state index contributed by atoms with van der Waals surface area (Å²) in [5.74, 6) is 0.0955. The van der Waals surface area contributed by atoms with E-state index in [1.165, 1.54) is 22.5 Å². The largest absolute Gasteiger partial charge is 0.302 e. The number of anilines is 1. The number of nitrogens with one attached hydrogen (secondary N) is 1. The summed E-state index contributed by atoms with van der Waals surface area (Å²) >= 11 is 4.77. The Morgan fingerprint density at radius 1 is 1.33 bits per heavy atom. The predicted molar refractivity (Wildman–Crippen MR) is 75.8 cm³/mol. The van der Waals surface area contributed by atoms with Gasteiger partial charge in [-0.25, -0.2) is 4.98 Å². The molecule has 1 N–H and O–H groups in total. The van der Waals surface area contributed by atoms with Crippen LogP contribution in [0.5, 0.6) is 0 Å². The average Bonchev–Trinajstić information content (AvgIpc) is 2.95. The average molecular weight is 323 g/mol. The molecule has 3 rings (SSSR count). The molecule has 0 saturated heterocycles. The van der Waals surface area contributed by atoms with Crippen LogP contribution in [-0.2, 0) is 17.6 Å². The second-order valence-electron chi connectivity index (χ2n) is 4.33. The molecular weight excluding hydrogens is 312 g/mol. The highest BCUT2D eigenvalue weighted by molar-refractivity contribution is 9.11. The number of carbonyl (C=O) groups is 1. The molecule has 1 heterocycles. The van der Waals surface area contributed by atoms with Gasteiger partial charge >= 0.3 is 0 Å². The zero-order valence-corrected chi connectivity index (χ0v) is 11.9. The molecule has 0 atom stereocenters. The van der Waals surface area contributed by atoms with E-state index in [2.05, 4.69) is 38.4 Å². The molecule has 0 aliphatic heterocycles. The summed E-state index contributed by atoms with van der Waals surface area (Å²) in [4.78, 5) is 16.2. The minimum absolute atomic E-state index is 0.0325. The third-order valence-corrected chi connectivity index (χ3v) is 4.52. The molecule has 1 aromatic heterocycles. The third-order valence-electron chi connectivity index (χ3n) is 3.13. The molecule has 0 radical (unpaired) electrons. The maximum Gasteiger partial charge on any atom is 0.229 e. The van der Waals surface area contributed by atoms with Crippen molar-refractivity contribution in [2.24, 2.45) is 5.92 Å². The molecule has 18 heavy (non-hydrogen) atoms. The van der Waals surface area contributed by atoms with E-state index < -0.39 is 0 Å². The van der Waals surface area contributed by atoms with Gasteiger partial charge in [0.15, 0.2) is 5.13 Å². The lowest BCUT2D eigenvalue weighted by atomic mass is 10.1. The Hall–Kier alpha value is -1.20. The minimum Gasteiger partial charge on any atom is -0.302 e. The first-order chi connectivity index (χ1) is 8.72. The van der Waals surface area contributed by atoms with Crippen LogP contribution in [0.3, 0.4) is 0 Å². The second-order valence-corrected chi connectivity index (χ2v) is 6.74. The van der Waals surface area contributed by atoms with Crippen molar-refractivity contribution in [3.05, 3.63) is 45.4 Å². The van der Waals surface area contributed by atoms with E-state index in [9.17, 15) is 4.79 Å². The number of amides is 1. The first-order valence-corrected chi connectivity index (χ1v) is 7.32. The third kappa shape index (κ3) is 2.33. The van der Waals surface area contributed by atoms with Gasteiger partial charge in [0, 0.05) is 5.92 Å². The van der Waals surface area contributed by atoms with Gasteiger partial charge in [-0.05, 0) is 39.9 Å². The number of halogens is 1. The maximum absolute atomic E-state index is 12.1. The molecule has 5 heteroatoms. The van der Waals surface area contributed by atoms with Crippen LogP contribution < -0.4 is 5.32 Å². The Morgan fingerprint density at radius 3 is 2.56 bits per heavy atom. The van der Waals surface area contributed by atoms with Crippen molar-refractivity contribution < 1.29 is 4.79 Å². The Balaban J connectivity index is 1.69. The molecule has 1 amide bonds. The zero-order chi connectivity index (χ0) is 12.5. The Morgan fingerprint density at radius 2 is 2.00 bits per heavy atom. The van der Waals surface area contributed by atoms with Gasteiger partial charge in [-0.3, -0.25) is 4.79 Å². The molecule has 1 aliphatic carbocycles. The minimum atomic E-state index is 0.0325. The van der Waals surface area contributed by atoms with Gasteiger partial charge in [0.1, 0.15) is 0 Å². The van der Waals surface area contributed by atoms with E-state index in [1.807, 2.05) is 12.1 Å². The molecule has 0 bridgehead atoms. The molecule has 1 aromatic carbocycles. The van der Waals surface area contributed by atoms with E-state index >= 15 is 0 Å². The van der Waals surface area contributed by atoms with Gasteiger partial charge in [-0.15, -0.1) is 0 Å². The fourth-order valence-electron chi connectivity index (χ4n) is 2.26. The van der Waals surface area contributed by atoms with Gasteiger partial charge in [-0.1, -0.05) is 35.6 Å². The number of benzene rings is 1. The quantitative estimate of drug-likeness (QED) is 0.922. The molecule has 1 aliphatic rings. The summed E-state index contributed by atoms with van der Waals surface area (Å²) in [6.45, 7) is 0. The maximum atomic E-state index is 12.1. The van der Waals surface area contributed by atoms with Crippen LogP contribution in [0.1, 0.15) is 11.1 Å². The molecular formula is C13H11BrN2OS. The Bertz CT molecular complexity index is 571.